The minimum Gasteiger partial charge on any atom is -0.491 e. The number of thiazole rings is 1. The molecule has 0 atom stereocenters. The molecule has 0 radical (unpaired) electrons. The molecule has 0 saturated heterocycles. The van der Waals surface area contributed by atoms with Gasteiger partial charge >= 0.3 is 0 Å². The van der Waals surface area contributed by atoms with Crippen LogP contribution in [0.3, 0.4) is 0 Å². The van der Waals surface area contributed by atoms with Gasteiger partial charge in [0.05, 0.1) is 12.3 Å². The van der Waals surface area contributed by atoms with E-state index in [0.717, 1.165) is 16.3 Å². The monoisotopic (exact) mass is 398 g/mol. The van der Waals surface area contributed by atoms with Crippen LogP contribution in [0, 0.1) is 12.7 Å². The predicted molar refractivity (Wildman–Crippen MR) is 110 cm³/mol. The quantitative estimate of drug-likeness (QED) is 0.528. The Morgan fingerprint density at radius 3 is 2.75 bits per heavy atom. The molecular weight excluding hydrogens is 375 g/mol. The Hall–Kier alpha value is -2.73. The Balaban J connectivity index is 1.34. The maximum absolute atomic E-state index is 13.4. The van der Waals surface area contributed by atoms with Gasteiger partial charge in [-0.25, -0.2) is 9.37 Å². The van der Waals surface area contributed by atoms with Crippen molar-refractivity contribution in [1.82, 2.24) is 10.3 Å². The molecule has 1 aromatic heterocycles. The lowest BCUT2D eigenvalue weighted by molar-refractivity contribution is -0.121. The number of benzene rings is 2. The first kappa shape index (κ1) is 20.0. The lowest BCUT2D eigenvalue weighted by atomic mass is 10.2. The second-order valence-corrected chi connectivity index (χ2v) is 7.35. The second-order valence-electron chi connectivity index (χ2n) is 6.49. The third-order valence-electron chi connectivity index (χ3n) is 4.20. The molecule has 0 saturated carbocycles. The van der Waals surface area contributed by atoms with Crippen molar-refractivity contribution in [2.24, 2.45) is 0 Å². The fourth-order valence-corrected chi connectivity index (χ4v) is 3.51. The summed E-state index contributed by atoms with van der Waals surface area (Å²) < 4.78 is 18.8. The summed E-state index contributed by atoms with van der Waals surface area (Å²) in [5, 5.41) is 5.92. The van der Waals surface area contributed by atoms with Gasteiger partial charge in [-0.3, -0.25) is 4.79 Å². The van der Waals surface area contributed by atoms with Crippen molar-refractivity contribution in [3.63, 3.8) is 0 Å². The summed E-state index contributed by atoms with van der Waals surface area (Å²) in [6, 6.07) is 14.6. The minimum absolute atomic E-state index is 0.0360. The van der Waals surface area contributed by atoms with E-state index in [-0.39, 0.29) is 17.5 Å². The maximum Gasteiger partial charge on any atom is 0.220 e. The van der Waals surface area contributed by atoms with Gasteiger partial charge in [0.1, 0.15) is 5.01 Å². The maximum atomic E-state index is 13.4. The van der Waals surface area contributed by atoms with Gasteiger partial charge < -0.3 is 10.1 Å². The van der Waals surface area contributed by atoms with Crippen LogP contribution >= 0.6 is 11.3 Å². The normalized spacial score (nSPS) is 10.6. The molecule has 3 rings (SSSR count). The van der Waals surface area contributed by atoms with Crippen LogP contribution in [-0.2, 0) is 11.2 Å². The Kier molecular flexibility index (Phi) is 7.14. The van der Waals surface area contributed by atoms with Crippen LogP contribution in [0.1, 0.15) is 24.1 Å². The number of carbonyl (C=O) groups is 1. The Morgan fingerprint density at radius 1 is 1.18 bits per heavy atom. The van der Waals surface area contributed by atoms with E-state index in [1.165, 1.54) is 11.6 Å². The highest BCUT2D eigenvalue weighted by atomic mass is 32.1. The van der Waals surface area contributed by atoms with Crippen LogP contribution in [0.25, 0.3) is 10.6 Å². The molecule has 28 heavy (non-hydrogen) atoms. The van der Waals surface area contributed by atoms with E-state index in [1.54, 1.807) is 29.5 Å². The second kappa shape index (κ2) is 9.99. The van der Waals surface area contributed by atoms with Gasteiger partial charge in [0.25, 0.3) is 0 Å². The molecule has 4 nitrogen and oxygen atoms in total. The topological polar surface area (TPSA) is 51.2 Å². The largest absolute Gasteiger partial charge is 0.491 e. The van der Waals surface area contributed by atoms with Crippen LogP contribution in [0.2, 0.25) is 0 Å². The fraction of sp³-hybridized carbons (Fsp3) is 0.273. The number of amides is 1. The summed E-state index contributed by atoms with van der Waals surface area (Å²) >= 11 is 1.61. The Labute approximate surface area is 168 Å². The number of hydrogen-bond donors (Lipinski definition) is 1. The van der Waals surface area contributed by atoms with Gasteiger partial charge in [-0.2, -0.15) is 0 Å². The summed E-state index contributed by atoms with van der Waals surface area (Å²) in [6.07, 6.45) is 1.58. The lowest BCUT2D eigenvalue weighted by Gasteiger charge is -2.07. The highest BCUT2D eigenvalue weighted by molar-refractivity contribution is 7.13. The van der Waals surface area contributed by atoms with Crippen LogP contribution in [-0.4, -0.2) is 24.0 Å². The number of para-hydroxylation sites is 1. The number of halogens is 1. The fourth-order valence-electron chi connectivity index (χ4n) is 2.65. The molecule has 1 heterocycles. The van der Waals surface area contributed by atoms with E-state index in [2.05, 4.69) is 41.5 Å². The number of aryl methyl sites for hydroxylation is 1. The van der Waals surface area contributed by atoms with Crippen molar-refractivity contribution in [3.05, 3.63) is 71.0 Å². The molecule has 0 bridgehead atoms. The molecule has 0 unspecified atom stereocenters. The summed E-state index contributed by atoms with van der Waals surface area (Å²) in [5.74, 6) is -0.206. The van der Waals surface area contributed by atoms with Gasteiger partial charge in [0.2, 0.25) is 5.91 Å². The van der Waals surface area contributed by atoms with E-state index < -0.39 is 0 Å². The lowest BCUT2D eigenvalue weighted by Crippen LogP contribution is -2.25. The molecule has 1 N–H and O–H groups in total. The molecule has 0 aliphatic rings. The predicted octanol–water partition coefficient (Wildman–Crippen LogP) is 4.78. The number of nitrogens with one attached hydrogen (secondary N) is 1. The number of carbonyl (C=O) groups excluding carboxylic acids is 1. The van der Waals surface area contributed by atoms with Crippen LogP contribution in [0.15, 0.2) is 53.9 Å². The van der Waals surface area contributed by atoms with Crippen molar-refractivity contribution in [1.29, 1.82) is 0 Å². The highest BCUT2D eigenvalue weighted by Crippen LogP contribution is 2.24. The molecule has 0 aliphatic carbocycles. The van der Waals surface area contributed by atoms with Gasteiger partial charge in [0.15, 0.2) is 11.6 Å². The summed E-state index contributed by atoms with van der Waals surface area (Å²) in [6.45, 7) is 2.91. The SMILES string of the molecule is Cc1ccc(-c2nc(CCNC(=O)CCCOc3ccccc3F)cs2)cc1. The molecule has 146 valence electrons. The molecule has 6 heteroatoms. The molecule has 1 amide bonds. The van der Waals surface area contributed by atoms with E-state index >= 15 is 0 Å². The summed E-state index contributed by atoms with van der Waals surface area (Å²) in [7, 11) is 0. The number of hydrogen-bond acceptors (Lipinski definition) is 4. The average Bonchev–Trinajstić information content (AvgIpc) is 3.16. The highest BCUT2D eigenvalue weighted by Gasteiger charge is 2.07. The first-order valence-electron chi connectivity index (χ1n) is 9.27. The number of rotatable bonds is 9. The molecule has 0 fully saturated rings. The standard InChI is InChI=1S/C22H23FN2O2S/c1-16-8-10-17(11-9-16)22-25-18(15-28-22)12-13-24-21(26)7-4-14-27-20-6-3-2-5-19(20)23/h2-3,5-6,8-11,15H,4,7,12-14H2,1H3,(H,24,26). The van der Waals surface area contributed by atoms with Gasteiger partial charge in [-0.05, 0) is 25.5 Å². The minimum atomic E-state index is -0.389. The van der Waals surface area contributed by atoms with E-state index in [9.17, 15) is 9.18 Å². The van der Waals surface area contributed by atoms with Crippen LogP contribution in [0.4, 0.5) is 4.39 Å². The van der Waals surface area contributed by atoms with E-state index in [0.29, 0.717) is 32.4 Å². The van der Waals surface area contributed by atoms with E-state index in [1.807, 2.05) is 5.38 Å². The average molecular weight is 399 g/mol. The van der Waals surface area contributed by atoms with Crippen molar-refractivity contribution >= 4 is 17.2 Å². The summed E-state index contributed by atoms with van der Waals surface area (Å²) in [4.78, 5) is 16.5. The summed E-state index contributed by atoms with van der Waals surface area (Å²) in [5.41, 5.74) is 3.31. The smallest absolute Gasteiger partial charge is 0.220 e. The van der Waals surface area contributed by atoms with Crippen molar-refractivity contribution in [3.8, 4) is 16.3 Å². The zero-order valence-electron chi connectivity index (χ0n) is 15.8. The van der Waals surface area contributed by atoms with Crippen molar-refractivity contribution in [2.75, 3.05) is 13.2 Å². The van der Waals surface area contributed by atoms with Gasteiger partial charge in [-0.1, -0.05) is 42.0 Å². The molecular formula is C22H23FN2O2S. The van der Waals surface area contributed by atoms with E-state index in [4.69, 9.17) is 4.74 Å². The Bertz CT molecular complexity index is 909. The number of ether oxygens (including phenoxy) is 1. The molecule has 2 aromatic carbocycles. The zero-order valence-corrected chi connectivity index (χ0v) is 16.6. The zero-order chi connectivity index (χ0) is 19.8. The third kappa shape index (κ3) is 5.89. The van der Waals surface area contributed by atoms with Crippen LogP contribution < -0.4 is 10.1 Å². The van der Waals surface area contributed by atoms with Crippen molar-refractivity contribution < 1.29 is 13.9 Å². The number of aromatic nitrogens is 1. The third-order valence-corrected chi connectivity index (χ3v) is 5.14. The number of nitrogens with zero attached hydrogens (tertiary/aromatic N) is 1. The molecule has 0 spiro atoms. The molecule has 0 aliphatic heterocycles. The first-order chi connectivity index (χ1) is 13.6. The van der Waals surface area contributed by atoms with Crippen molar-refractivity contribution in [2.45, 2.75) is 26.2 Å². The Morgan fingerprint density at radius 2 is 1.96 bits per heavy atom. The molecule has 3 aromatic rings. The van der Waals surface area contributed by atoms with Crippen LogP contribution in [0.5, 0.6) is 5.75 Å². The first-order valence-corrected chi connectivity index (χ1v) is 10.2. The van der Waals surface area contributed by atoms with Gasteiger partial charge in [0, 0.05) is 30.3 Å². The van der Waals surface area contributed by atoms with Gasteiger partial charge in [-0.15, -0.1) is 11.3 Å².